The first-order valence-electron chi connectivity index (χ1n) is 6.11. The molecule has 0 saturated carbocycles. The topological polar surface area (TPSA) is 15.3 Å². The molecule has 2 unspecified atom stereocenters. The van der Waals surface area contributed by atoms with Gasteiger partial charge in [-0.25, -0.2) is 0 Å². The highest BCUT2D eigenvalue weighted by atomic mass is 15.2. The van der Waals surface area contributed by atoms with E-state index in [9.17, 15) is 0 Å². The molecule has 2 atom stereocenters. The predicted molar refractivity (Wildman–Crippen MR) is 62.6 cm³/mol. The first-order valence-corrected chi connectivity index (χ1v) is 6.11. The summed E-state index contributed by atoms with van der Waals surface area (Å²) in [6.07, 6.45) is 2.64. The Morgan fingerprint density at radius 2 is 2.14 bits per heavy atom. The molecule has 1 fully saturated rings. The van der Waals surface area contributed by atoms with Crippen LogP contribution in [-0.4, -0.2) is 36.6 Å². The molecule has 0 amide bonds. The normalized spacial score (nSPS) is 29.8. The molecule has 1 N–H and O–H groups in total. The summed E-state index contributed by atoms with van der Waals surface area (Å²) in [6.45, 7) is 12.9. The van der Waals surface area contributed by atoms with Crippen molar-refractivity contribution < 1.29 is 0 Å². The lowest BCUT2D eigenvalue weighted by Gasteiger charge is -2.40. The van der Waals surface area contributed by atoms with Gasteiger partial charge in [-0.15, -0.1) is 0 Å². The van der Waals surface area contributed by atoms with Crippen molar-refractivity contribution in [1.82, 2.24) is 10.2 Å². The Labute approximate surface area is 89.1 Å². The molecule has 0 aromatic heterocycles. The van der Waals surface area contributed by atoms with Crippen molar-refractivity contribution in [1.29, 1.82) is 0 Å². The van der Waals surface area contributed by atoms with Gasteiger partial charge in [0.25, 0.3) is 0 Å². The summed E-state index contributed by atoms with van der Waals surface area (Å²) in [5, 5.41) is 3.58. The fourth-order valence-electron chi connectivity index (χ4n) is 2.34. The molecule has 1 aliphatic heterocycles. The van der Waals surface area contributed by atoms with Gasteiger partial charge in [-0.2, -0.15) is 0 Å². The monoisotopic (exact) mass is 198 g/mol. The van der Waals surface area contributed by atoms with Gasteiger partial charge < -0.3 is 5.32 Å². The van der Waals surface area contributed by atoms with Crippen LogP contribution in [0.4, 0.5) is 0 Å². The lowest BCUT2D eigenvalue weighted by molar-refractivity contribution is 0.114. The standard InChI is InChI=1S/C12H26N2/c1-5-6-12-7-13-11(4)9-14(12)8-10(2)3/h10-13H,5-9H2,1-4H3. The third kappa shape index (κ3) is 3.58. The average molecular weight is 198 g/mol. The predicted octanol–water partition coefficient (Wildman–Crippen LogP) is 2.10. The lowest BCUT2D eigenvalue weighted by atomic mass is 10.0. The maximum atomic E-state index is 3.58. The molecule has 84 valence electrons. The first-order chi connectivity index (χ1) is 6.63. The highest BCUT2D eigenvalue weighted by molar-refractivity contribution is 4.84. The van der Waals surface area contributed by atoms with Crippen molar-refractivity contribution >= 4 is 0 Å². The fraction of sp³-hybridized carbons (Fsp3) is 1.00. The van der Waals surface area contributed by atoms with E-state index in [-0.39, 0.29) is 0 Å². The van der Waals surface area contributed by atoms with Crippen LogP contribution in [0.25, 0.3) is 0 Å². The van der Waals surface area contributed by atoms with Gasteiger partial charge >= 0.3 is 0 Å². The first kappa shape index (κ1) is 12.0. The zero-order valence-electron chi connectivity index (χ0n) is 10.2. The zero-order valence-corrected chi connectivity index (χ0v) is 10.2. The van der Waals surface area contributed by atoms with Crippen LogP contribution in [0.5, 0.6) is 0 Å². The van der Waals surface area contributed by atoms with Crippen molar-refractivity contribution in [3.8, 4) is 0 Å². The van der Waals surface area contributed by atoms with Crippen molar-refractivity contribution in [3.63, 3.8) is 0 Å². The number of nitrogens with one attached hydrogen (secondary N) is 1. The smallest absolute Gasteiger partial charge is 0.0221 e. The van der Waals surface area contributed by atoms with E-state index < -0.39 is 0 Å². The minimum atomic E-state index is 0.668. The second-order valence-corrected chi connectivity index (χ2v) is 5.10. The van der Waals surface area contributed by atoms with Crippen LogP contribution in [0.3, 0.4) is 0 Å². The van der Waals surface area contributed by atoms with E-state index in [1.54, 1.807) is 0 Å². The Bertz CT molecular complexity index is 154. The van der Waals surface area contributed by atoms with Crippen LogP contribution in [0.15, 0.2) is 0 Å². The maximum absolute atomic E-state index is 3.58. The Hall–Kier alpha value is -0.0800. The van der Waals surface area contributed by atoms with Crippen LogP contribution in [0.2, 0.25) is 0 Å². The van der Waals surface area contributed by atoms with Gasteiger partial charge in [-0.05, 0) is 19.3 Å². The second kappa shape index (κ2) is 5.72. The van der Waals surface area contributed by atoms with Crippen molar-refractivity contribution in [2.75, 3.05) is 19.6 Å². The van der Waals surface area contributed by atoms with E-state index in [0.717, 1.165) is 12.0 Å². The summed E-state index contributed by atoms with van der Waals surface area (Å²) < 4.78 is 0. The molecule has 0 aromatic carbocycles. The molecule has 2 nitrogen and oxygen atoms in total. The van der Waals surface area contributed by atoms with Gasteiger partial charge in [0, 0.05) is 31.7 Å². The average Bonchev–Trinajstić information content (AvgIpc) is 2.09. The number of piperazine rings is 1. The minimum absolute atomic E-state index is 0.668. The summed E-state index contributed by atoms with van der Waals surface area (Å²) in [4.78, 5) is 2.68. The Balaban J connectivity index is 2.45. The molecule has 0 radical (unpaired) electrons. The third-order valence-corrected chi connectivity index (χ3v) is 2.95. The van der Waals surface area contributed by atoms with E-state index in [1.807, 2.05) is 0 Å². The molecule has 1 saturated heterocycles. The molecule has 0 aliphatic carbocycles. The van der Waals surface area contributed by atoms with Gasteiger partial charge in [0.2, 0.25) is 0 Å². The van der Waals surface area contributed by atoms with E-state index >= 15 is 0 Å². The van der Waals surface area contributed by atoms with Crippen LogP contribution >= 0.6 is 0 Å². The molecule has 0 spiro atoms. The molecule has 0 aromatic rings. The second-order valence-electron chi connectivity index (χ2n) is 5.10. The minimum Gasteiger partial charge on any atom is -0.311 e. The van der Waals surface area contributed by atoms with Crippen LogP contribution in [0.1, 0.15) is 40.5 Å². The van der Waals surface area contributed by atoms with Gasteiger partial charge in [0.1, 0.15) is 0 Å². The Morgan fingerprint density at radius 3 is 2.71 bits per heavy atom. The molecular weight excluding hydrogens is 172 g/mol. The quantitative estimate of drug-likeness (QED) is 0.744. The van der Waals surface area contributed by atoms with E-state index in [2.05, 4.69) is 37.9 Å². The number of rotatable bonds is 4. The maximum Gasteiger partial charge on any atom is 0.0221 e. The third-order valence-electron chi connectivity index (χ3n) is 2.95. The summed E-state index contributed by atoms with van der Waals surface area (Å²) in [5.41, 5.74) is 0. The van der Waals surface area contributed by atoms with Crippen LogP contribution < -0.4 is 5.32 Å². The van der Waals surface area contributed by atoms with E-state index in [4.69, 9.17) is 0 Å². The molecule has 2 heteroatoms. The zero-order chi connectivity index (χ0) is 10.6. The van der Waals surface area contributed by atoms with Crippen LogP contribution in [-0.2, 0) is 0 Å². The van der Waals surface area contributed by atoms with Crippen molar-refractivity contribution in [3.05, 3.63) is 0 Å². The molecule has 1 heterocycles. The molecule has 14 heavy (non-hydrogen) atoms. The molecular formula is C12H26N2. The summed E-state index contributed by atoms with van der Waals surface area (Å²) in [6, 6.07) is 1.44. The highest BCUT2D eigenvalue weighted by Gasteiger charge is 2.24. The molecule has 1 rings (SSSR count). The van der Waals surface area contributed by atoms with Crippen LogP contribution in [0, 0.1) is 5.92 Å². The van der Waals surface area contributed by atoms with E-state index in [1.165, 1.54) is 32.5 Å². The van der Waals surface area contributed by atoms with Gasteiger partial charge in [0.15, 0.2) is 0 Å². The number of hydrogen-bond donors (Lipinski definition) is 1. The van der Waals surface area contributed by atoms with E-state index in [0.29, 0.717) is 6.04 Å². The molecule has 0 bridgehead atoms. The lowest BCUT2D eigenvalue weighted by Crippen LogP contribution is -2.56. The van der Waals surface area contributed by atoms with Gasteiger partial charge in [-0.3, -0.25) is 4.90 Å². The fourth-order valence-corrected chi connectivity index (χ4v) is 2.34. The summed E-state index contributed by atoms with van der Waals surface area (Å²) in [5.74, 6) is 0.791. The Kier molecular flexibility index (Phi) is 4.90. The largest absolute Gasteiger partial charge is 0.311 e. The summed E-state index contributed by atoms with van der Waals surface area (Å²) >= 11 is 0. The Morgan fingerprint density at radius 1 is 1.43 bits per heavy atom. The van der Waals surface area contributed by atoms with Crippen molar-refractivity contribution in [2.24, 2.45) is 5.92 Å². The highest BCUT2D eigenvalue weighted by Crippen LogP contribution is 2.14. The number of hydrogen-bond acceptors (Lipinski definition) is 2. The van der Waals surface area contributed by atoms with Gasteiger partial charge in [-0.1, -0.05) is 27.2 Å². The summed E-state index contributed by atoms with van der Waals surface area (Å²) in [7, 11) is 0. The SMILES string of the molecule is CCCC1CNC(C)CN1CC(C)C. The van der Waals surface area contributed by atoms with Gasteiger partial charge in [0.05, 0.1) is 0 Å². The van der Waals surface area contributed by atoms with Crippen molar-refractivity contribution in [2.45, 2.75) is 52.6 Å². The number of nitrogens with zero attached hydrogens (tertiary/aromatic N) is 1. The molecule has 1 aliphatic rings.